The topological polar surface area (TPSA) is 60.5 Å². The van der Waals surface area contributed by atoms with Gasteiger partial charge in [0.2, 0.25) is 0 Å². The third kappa shape index (κ3) is 5.45. The van der Waals surface area contributed by atoms with E-state index in [9.17, 15) is 4.79 Å². The number of pyridine rings is 1. The van der Waals surface area contributed by atoms with Gasteiger partial charge >= 0.3 is 0 Å². The monoisotopic (exact) mass is 388 g/mol. The van der Waals surface area contributed by atoms with E-state index in [2.05, 4.69) is 10.3 Å². The highest BCUT2D eigenvalue weighted by atomic mass is 16.5. The Kier molecular flexibility index (Phi) is 7.00. The maximum Gasteiger partial charge on any atom is 0.258 e. The zero-order chi connectivity index (χ0) is 20.5. The SMILES string of the molecule is C/C=C/c1ccc(OCC(=O)NC(c2ccccc2)c2ccncc2)c(OC)c1. The van der Waals surface area contributed by atoms with Crippen LogP contribution in [0.5, 0.6) is 11.5 Å². The lowest BCUT2D eigenvalue weighted by molar-refractivity contribution is -0.123. The zero-order valence-electron chi connectivity index (χ0n) is 16.5. The number of hydrogen-bond acceptors (Lipinski definition) is 4. The summed E-state index contributed by atoms with van der Waals surface area (Å²) in [4.78, 5) is 16.7. The fourth-order valence-electron chi connectivity index (χ4n) is 3.01. The van der Waals surface area contributed by atoms with E-state index in [-0.39, 0.29) is 18.6 Å². The number of amides is 1. The van der Waals surface area contributed by atoms with Crippen LogP contribution in [0.2, 0.25) is 0 Å². The summed E-state index contributed by atoms with van der Waals surface area (Å²) < 4.78 is 11.1. The Balaban J connectivity index is 1.71. The van der Waals surface area contributed by atoms with E-state index in [1.54, 1.807) is 25.6 Å². The molecule has 1 heterocycles. The highest BCUT2D eigenvalue weighted by Gasteiger charge is 2.17. The average molecular weight is 388 g/mol. The second-order valence-electron chi connectivity index (χ2n) is 6.39. The van der Waals surface area contributed by atoms with Gasteiger partial charge in [-0.3, -0.25) is 9.78 Å². The number of methoxy groups -OCH3 is 1. The molecule has 5 heteroatoms. The normalized spacial score (nSPS) is 11.8. The van der Waals surface area contributed by atoms with Gasteiger partial charge in [-0.2, -0.15) is 0 Å². The van der Waals surface area contributed by atoms with E-state index in [1.165, 1.54) is 0 Å². The first-order valence-corrected chi connectivity index (χ1v) is 9.39. The number of nitrogens with zero attached hydrogens (tertiary/aromatic N) is 1. The smallest absolute Gasteiger partial charge is 0.258 e. The Morgan fingerprint density at radius 1 is 1.03 bits per heavy atom. The lowest BCUT2D eigenvalue weighted by atomic mass is 10.00. The summed E-state index contributed by atoms with van der Waals surface area (Å²) in [5, 5.41) is 3.05. The molecule has 0 bridgehead atoms. The summed E-state index contributed by atoms with van der Waals surface area (Å²) in [5.41, 5.74) is 2.94. The first-order valence-electron chi connectivity index (χ1n) is 9.39. The van der Waals surface area contributed by atoms with Gasteiger partial charge in [-0.15, -0.1) is 0 Å². The van der Waals surface area contributed by atoms with E-state index < -0.39 is 0 Å². The summed E-state index contributed by atoms with van der Waals surface area (Å²) >= 11 is 0. The highest BCUT2D eigenvalue weighted by molar-refractivity contribution is 5.78. The van der Waals surface area contributed by atoms with Gasteiger partial charge in [0.05, 0.1) is 13.2 Å². The van der Waals surface area contributed by atoms with Crippen molar-refractivity contribution in [3.8, 4) is 11.5 Å². The van der Waals surface area contributed by atoms with Gasteiger partial charge in [-0.25, -0.2) is 0 Å². The molecule has 3 rings (SSSR count). The molecule has 1 aromatic heterocycles. The van der Waals surface area contributed by atoms with E-state index in [0.717, 1.165) is 16.7 Å². The minimum atomic E-state index is -0.283. The molecule has 1 atom stereocenters. The van der Waals surface area contributed by atoms with Crippen molar-refractivity contribution >= 4 is 12.0 Å². The quantitative estimate of drug-likeness (QED) is 0.621. The Labute approximate surface area is 171 Å². The molecule has 2 aromatic carbocycles. The number of aromatic nitrogens is 1. The van der Waals surface area contributed by atoms with E-state index in [4.69, 9.17) is 9.47 Å². The van der Waals surface area contributed by atoms with Gasteiger partial charge in [0.25, 0.3) is 5.91 Å². The molecule has 3 aromatic rings. The van der Waals surface area contributed by atoms with Crippen LogP contribution in [0, 0.1) is 0 Å². The number of rotatable bonds is 8. The van der Waals surface area contributed by atoms with Crippen LogP contribution in [0.25, 0.3) is 6.08 Å². The van der Waals surface area contributed by atoms with Gasteiger partial charge in [0.1, 0.15) is 0 Å². The van der Waals surface area contributed by atoms with Crippen molar-refractivity contribution in [3.63, 3.8) is 0 Å². The molecule has 0 radical (unpaired) electrons. The lowest BCUT2D eigenvalue weighted by Gasteiger charge is -2.20. The van der Waals surface area contributed by atoms with E-state index in [1.807, 2.05) is 73.7 Å². The molecule has 0 aliphatic carbocycles. The highest BCUT2D eigenvalue weighted by Crippen LogP contribution is 2.28. The summed E-state index contributed by atoms with van der Waals surface area (Å²) in [5.74, 6) is 0.883. The molecule has 1 N–H and O–H groups in total. The standard InChI is InChI=1S/C24H24N2O3/c1-3-7-18-10-11-21(22(16-18)28-2)29-17-23(27)26-24(19-8-5-4-6-9-19)20-12-14-25-15-13-20/h3-16,24H,17H2,1-2H3,(H,26,27)/b7-3+. The van der Waals surface area contributed by atoms with Crippen molar-refractivity contribution in [2.75, 3.05) is 13.7 Å². The molecule has 1 amide bonds. The van der Waals surface area contributed by atoms with Gasteiger partial charge in [-0.05, 0) is 47.9 Å². The molecule has 29 heavy (non-hydrogen) atoms. The van der Waals surface area contributed by atoms with Crippen molar-refractivity contribution in [1.82, 2.24) is 10.3 Å². The largest absolute Gasteiger partial charge is 0.493 e. The van der Waals surface area contributed by atoms with E-state index >= 15 is 0 Å². The minimum absolute atomic E-state index is 0.117. The van der Waals surface area contributed by atoms with Gasteiger partial charge in [0.15, 0.2) is 18.1 Å². The van der Waals surface area contributed by atoms with Gasteiger partial charge < -0.3 is 14.8 Å². The number of nitrogens with one attached hydrogen (secondary N) is 1. The molecular formula is C24H24N2O3. The molecule has 5 nitrogen and oxygen atoms in total. The van der Waals surface area contributed by atoms with Crippen LogP contribution in [0.1, 0.15) is 29.7 Å². The second-order valence-corrected chi connectivity index (χ2v) is 6.39. The number of carbonyl (C=O) groups is 1. The average Bonchev–Trinajstić information content (AvgIpc) is 2.78. The van der Waals surface area contributed by atoms with Gasteiger partial charge in [0, 0.05) is 12.4 Å². The third-order valence-corrected chi connectivity index (χ3v) is 4.38. The molecule has 0 saturated carbocycles. The summed E-state index contributed by atoms with van der Waals surface area (Å²) in [7, 11) is 1.58. The Hall–Kier alpha value is -3.60. The fourth-order valence-corrected chi connectivity index (χ4v) is 3.01. The number of allylic oxidation sites excluding steroid dienone is 1. The van der Waals surface area contributed by atoms with Crippen LogP contribution in [-0.4, -0.2) is 24.6 Å². The van der Waals surface area contributed by atoms with Crippen molar-refractivity contribution in [2.24, 2.45) is 0 Å². The molecule has 0 spiro atoms. The van der Waals surface area contributed by atoms with E-state index in [0.29, 0.717) is 11.5 Å². The van der Waals surface area contributed by atoms with Crippen LogP contribution in [0.3, 0.4) is 0 Å². The Bertz CT molecular complexity index is 917. The maximum absolute atomic E-state index is 12.6. The molecule has 1 unspecified atom stereocenters. The van der Waals surface area contributed by atoms with Crippen molar-refractivity contribution in [2.45, 2.75) is 13.0 Å². The fraction of sp³-hybridized carbons (Fsp3) is 0.167. The van der Waals surface area contributed by atoms with Crippen molar-refractivity contribution < 1.29 is 14.3 Å². The minimum Gasteiger partial charge on any atom is -0.493 e. The van der Waals surface area contributed by atoms with Crippen LogP contribution in [-0.2, 0) is 4.79 Å². The molecule has 148 valence electrons. The molecule has 0 fully saturated rings. The lowest BCUT2D eigenvalue weighted by Crippen LogP contribution is -2.33. The first-order chi connectivity index (χ1) is 14.2. The van der Waals surface area contributed by atoms with Crippen LogP contribution in [0.4, 0.5) is 0 Å². The molecular weight excluding hydrogens is 364 g/mol. The zero-order valence-corrected chi connectivity index (χ0v) is 16.5. The summed E-state index contributed by atoms with van der Waals surface area (Å²) in [6.45, 7) is 1.83. The predicted octanol–water partition coefficient (Wildman–Crippen LogP) is 4.41. The number of ether oxygens (including phenoxy) is 2. The van der Waals surface area contributed by atoms with Crippen LogP contribution >= 0.6 is 0 Å². The maximum atomic E-state index is 12.6. The summed E-state index contributed by atoms with van der Waals surface area (Å²) in [6, 6.07) is 18.9. The van der Waals surface area contributed by atoms with Crippen LogP contribution in [0.15, 0.2) is 79.1 Å². The number of benzene rings is 2. The Morgan fingerprint density at radius 2 is 1.76 bits per heavy atom. The molecule has 0 aliphatic rings. The van der Waals surface area contributed by atoms with Gasteiger partial charge in [-0.1, -0.05) is 48.6 Å². The number of hydrogen-bond donors (Lipinski definition) is 1. The predicted molar refractivity (Wildman–Crippen MR) is 114 cm³/mol. The second kappa shape index (κ2) is 10.1. The first kappa shape index (κ1) is 20.1. The van der Waals surface area contributed by atoms with Crippen molar-refractivity contribution in [1.29, 1.82) is 0 Å². The third-order valence-electron chi connectivity index (χ3n) is 4.38. The Morgan fingerprint density at radius 3 is 2.45 bits per heavy atom. The summed E-state index contributed by atoms with van der Waals surface area (Å²) in [6.07, 6.45) is 7.35. The molecule has 0 saturated heterocycles. The molecule has 0 aliphatic heterocycles. The van der Waals surface area contributed by atoms with Crippen LogP contribution < -0.4 is 14.8 Å². The van der Waals surface area contributed by atoms with Crippen molar-refractivity contribution in [3.05, 3.63) is 95.8 Å². The number of carbonyl (C=O) groups excluding carboxylic acids is 1.